The van der Waals surface area contributed by atoms with Crippen molar-refractivity contribution in [2.45, 2.75) is 5.41 Å². The second-order valence-electron chi connectivity index (χ2n) is 14.5. The Kier molecular flexibility index (Phi) is 6.71. The van der Waals surface area contributed by atoms with Crippen molar-refractivity contribution in [1.29, 1.82) is 0 Å². The number of hydrogen-bond donors (Lipinski definition) is 0. The lowest BCUT2D eigenvalue weighted by Crippen LogP contribution is -2.28. The molecular weight excluding hydrogens is 699 g/mol. The van der Waals surface area contributed by atoms with E-state index >= 15 is 0 Å². The summed E-state index contributed by atoms with van der Waals surface area (Å²) in [5.74, 6) is 1.50. The fraction of sp³-hybridized carbons (Fsp3) is 0.0200. The van der Waals surface area contributed by atoms with Crippen LogP contribution in [-0.2, 0) is 5.41 Å². The van der Waals surface area contributed by atoms with Crippen molar-refractivity contribution in [3.63, 3.8) is 0 Å². The minimum atomic E-state index is -0.573. The van der Waals surface area contributed by atoms with Crippen LogP contribution in [0.15, 0.2) is 188 Å². The fourth-order valence-corrected chi connectivity index (χ4v) is 9.26. The van der Waals surface area contributed by atoms with Crippen LogP contribution < -0.4 is 0 Å². The maximum absolute atomic E-state index is 5.35. The molecule has 6 aromatic carbocycles. The number of para-hydroxylation sites is 2. The van der Waals surface area contributed by atoms with Crippen LogP contribution in [0.2, 0.25) is 0 Å². The van der Waals surface area contributed by atoms with Gasteiger partial charge in [-0.25, -0.2) is 9.97 Å². The van der Waals surface area contributed by atoms with Crippen molar-refractivity contribution in [2.75, 3.05) is 0 Å². The Balaban J connectivity index is 1.18. The molecule has 0 fully saturated rings. The highest BCUT2D eigenvalue weighted by Crippen LogP contribution is 2.56. The number of fused-ring (bicyclic) bond motifs is 9. The molecular formula is C50H31N7. The molecule has 0 N–H and O–H groups in total. The predicted octanol–water partition coefficient (Wildman–Crippen LogP) is 10.9. The van der Waals surface area contributed by atoms with Gasteiger partial charge in [-0.15, -0.1) is 0 Å². The molecule has 266 valence electrons. The van der Waals surface area contributed by atoms with E-state index in [0.717, 1.165) is 49.4 Å². The van der Waals surface area contributed by atoms with E-state index in [0.29, 0.717) is 17.7 Å². The van der Waals surface area contributed by atoms with E-state index in [1.165, 1.54) is 33.4 Å². The smallest absolute Gasteiger partial charge is 0.241 e. The minimum absolute atomic E-state index is 0.475. The highest BCUT2D eigenvalue weighted by Gasteiger charge is 2.46. The maximum atomic E-state index is 5.35. The van der Waals surface area contributed by atoms with E-state index in [9.17, 15) is 0 Å². The molecule has 12 rings (SSSR count). The molecule has 0 saturated carbocycles. The summed E-state index contributed by atoms with van der Waals surface area (Å²) in [4.78, 5) is 25.8. The van der Waals surface area contributed by atoms with Crippen molar-refractivity contribution in [2.24, 2.45) is 0 Å². The first-order chi connectivity index (χ1) is 28.3. The lowest BCUT2D eigenvalue weighted by molar-refractivity contribution is 0.768. The minimum Gasteiger partial charge on any atom is -0.262 e. The van der Waals surface area contributed by atoms with Crippen LogP contribution in [0.1, 0.15) is 22.3 Å². The van der Waals surface area contributed by atoms with Gasteiger partial charge in [0.1, 0.15) is 11.3 Å². The third-order valence-electron chi connectivity index (χ3n) is 11.6. The SMILES string of the molecule is c1ccc(C2(c3ccccc3)c3ccccc3-c3ccc(-c4nc(-n5c6ccccc6c6cccnc65)nc(-n5c6ccccc6c6cccnc65)n4)cc32)cc1. The molecule has 5 aromatic heterocycles. The number of rotatable bonds is 5. The second kappa shape index (κ2) is 12.1. The number of pyridine rings is 2. The van der Waals surface area contributed by atoms with E-state index in [4.69, 9.17) is 24.9 Å². The van der Waals surface area contributed by atoms with Crippen molar-refractivity contribution in [3.8, 4) is 34.4 Å². The molecule has 57 heavy (non-hydrogen) atoms. The zero-order chi connectivity index (χ0) is 37.5. The van der Waals surface area contributed by atoms with Crippen molar-refractivity contribution in [1.82, 2.24) is 34.1 Å². The maximum Gasteiger partial charge on any atom is 0.241 e. The summed E-state index contributed by atoms with van der Waals surface area (Å²) in [5.41, 5.74) is 11.0. The largest absolute Gasteiger partial charge is 0.262 e. The summed E-state index contributed by atoms with van der Waals surface area (Å²) in [6, 6.07) is 62.0. The van der Waals surface area contributed by atoms with Crippen LogP contribution in [0.5, 0.6) is 0 Å². The Morgan fingerprint density at radius 3 is 1.47 bits per heavy atom. The van der Waals surface area contributed by atoms with E-state index in [1.807, 2.05) is 36.7 Å². The molecule has 0 amide bonds. The molecule has 1 aliphatic rings. The Morgan fingerprint density at radius 2 is 0.877 bits per heavy atom. The molecule has 0 bridgehead atoms. The molecule has 0 atom stereocenters. The normalized spacial score (nSPS) is 13.1. The van der Waals surface area contributed by atoms with Gasteiger partial charge in [-0.3, -0.25) is 9.13 Å². The third kappa shape index (κ3) is 4.45. The van der Waals surface area contributed by atoms with Gasteiger partial charge in [0.15, 0.2) is 5.82 Å². The number of benzene rings is 6. The highest BCUT2D eigenvalue weighted by molar-refractivity contribution is 6.08. The highest BCUT2D eigenvalue weighted by atomic mass is 15.3. The van der Waals surface area contributed by atoms with E-state index in [2.05, 4.69) is 161 Å². The standard InChI is InChI=1S/C50H31N7/c1-3-15-33(16-4-1)50(34-17-5-2-6-18-34)41-24-10-7-19-35(41)36-28-27-32(31-42(36)50)45-53-48(56-43-25-11-8-20-37(43)39-22-13-29-51-46(39)56)55-49(54-45)57-44-26-12-9-21-38(44)40-23-14-30-52-47(40)57/h1-31H. The van der Waals surface area contributed by atoms with Gasteiger partial charge in [0, 0.05) is 39.5 Å². The number of aromatic nitrogens is 7. The molecule has 0 saturated heterocycles. The first-order valence-electron chi connectivity index (χ1n) is 19.1. The zero-order valence-corrected chi connectivity index (χ0v) is 30.5. The van der Waals surface area contributed by atoms with Crippen molar-refractivity contribution < 1.29 is 0 Å². The molecule has 0 unspecified atom stereocenters. The lowest BCUT2D eigenvalue weighted by atomic mass is 9.67. The van der Waals surface area contributed by atoms with Gasteiger partial charge in [-0.2, -0.15) is 15.0 Å². The monoisotopic (exact) mass is 729 g/mol. The van der Waals surface area contributed by atoms with Gasteiger partial charge in [0.05, 0.1) is 16.4 Å². The van der Waals surface area contributed by atoms with Crippen LogP contribution in [0.25, 0.3) is 78.3 Å². The molecule has 5 heterocycles. The lowest BCUT2D eigenvalue weighted by Gasteiger charge is -2.34. The first-order valence-corrected chi connectivity index (χ1v) is 19.1. The number of nitrogens with zero attached hydrogens (tertiary/aromatic N) is 7. The zero-order valence-electron chi connectivity index (χ0n) is 30.5. The Labute approximate surface area is 327 Å². The molecule has 1 aliphatic carbocycles. The van der Waals surface area contributed by atoms with E-state index in [1.54, 1.807) is 0 Å². The topological polar surface area (TPSA) is 74.3 Å². The van der Waals surface area contributed by atoms with Crippen LogP contribution in [0.4, 0.5) is 0 Å². The molecule has 11 aromatic rings. The summed E-state index contributed by atoms with van der Waals surface area (Å²) in [7, 11) is 0. The van der Waals surface area contributed by atoms with E-state index < -0.39 is 5.41 Å². The number of hydrogen-bond acceptors (Lipinski definition) is 5. The fourth-order valence-electron chi connectivity index (χ4n) is 9.26. The van der Waals surface area contributed by atoms with Gasteiger partial charge in [0.25, 0.3) is 0 Å². The molecule has 0 aliphatic heterocycles. The van der Waals surface area contributed by atoms with Crippen LogP contribution in [0, 0.1) is 0 Å². The Bertz CT molecular complexity index is 3090. The van der Waals surface area contributed by atoms with Crippen molar-refractivity contribution in [3.05, 3.63) is 211 Å². The van der Waals surface area contributed by atoms with Gasteiger partial charge in [-0.1, -0.05) is 133 Å². The first kappa shape index (κ1) is 31.6. The Hall–Kier alpha value is -7.77. The molecule has 0 spiro atoms. The van der Waals surface area contributed by atoms with Crippen molar-refractivity contribution >= 4 is 43.9 Å². The second-order valence-corrected chi connectivity index (χ2v) is 14.5. The van der Waals surface area contributed by atoms with Gasteiger partial charge >= 0.3 is 0 Å². The quantitative estimate of drug-likeness (QED) is 0.176. The van der Waals surface area contributed by atoms with Crippen LogP contribution in [-0.4, -0.2) is 34.1 Å². The summed E-state index contributed by atoms with van der Waals surface area (Å²) in [6.07, 6.45) is 3.64. The molecule has 7 heteroatoms. The average molecular weight is 730 g/mol. The van der Waals surface area contributed by atoms with Crippen LogP contribution >= 0.6 is 0 Å². The third-order valence-corrected chi connectivity index (χ3v) is 11.6. The summed E-state index contributed by atoms with van der Waals surface area (Å²) in [5, 5.41) is 4.21. The molecule has 0 radical (unpaired) electrons. The van der Waals surface area contributed by atoms with E-state index in [-0.39, 0.29) is 0 Å². The van der Waals surface area contributed by atoms with Gasteiger partial charge in [0.2, 0.25) is 11.9 Å². The molecule has 7 nitrogen and oxygen atoms in total. The Morgan fingerprint density at radius 1 is 0.386 bits per heavy atom. The summed E-state index contributed by atoms with van der Waals surface area (Å²) in [6.45, 7) is 0. The predicted molar refractivity (Wildman–Crippen MR) is 227 cm³/mol. The summed E-state index contributed by atoms with van der Waals surface area (Å²) >= 11 is 0. The van der Waals surface area contributed by atoms with Gasteiger partial charge in [-0.05, 0) is 75.8 Å². The summed E-state index contributed by atoms with van der Waals surface area (Å²) < 4.78 is 4.12. The van der Waals surface area contributed by atoms with Gasteiger partial charge < -0.3 is 0 Å². The van der Waals surface area contributed by atoms with Crippen LogP contribution in [0.3, 0.4) is 0 Å². The average Bonchev–Trinajstić information content (AvgIpc) is 3.91.